The van der Waals surface area contributed by atoms with E-state index in [1.165, 1.54) is 12.8 Å². The summed E-state index contributed by atoms with van der Waals surface area (Å²) in [6.45, 7) is 2.12. The van der Waals surface area contributed by atoms with Crippen molar-refractivity contribution in [1.82, 2.24) is 9.97 Å². The van der Waals surface area contributed by atoms with E-state index in [-0.39, 0.29) is 5.56 Å². The number of aromatic amines is 1. The number of hydrogen-bond donors (Lipinski definition) is 3. The quantitative estimate of drug-likeness (QED) is 0.733. The van der Waals surface area contributed by atoms with E-state index in [4.69, 9.17) is 5.73 Å². The minimum absolute atomic E-state index is 0.154. The van der Waals surface area contributed by atoms with Gasteiger partial charge in [-0.15, -0.1) is 0 Å². The van der Waals surface area contributed by atoms with Crippen molar-refractivity contribution in [2.75, 3.05) is 11.1 Å². The third-order valence-corrected chi connectivity index (χ3v) is 3.50. The SMILES string of the molecule is CC(CC1CC1)Nc1nc2ccc(N)cc2c(=O)[nH]1. The van der Waals surface area contributed by atoms with Crippen molar-refractivity contribution in [3.63, 3.8) is 0 Å². The lowest BCUT2D eigenvalue weighted by Gasteiger charge is -2.13. The Morgan fingerprint density at radius 2 is 2.32 bits per heavy atom. The van der Waals surface area contributed by atoms with E-state index in [0.717, 1.165) is 12.3 Å². The Morgan fingerprint density at radius 3 is 3.05 bits per heavy atom. The second-order valence-corrected chi connectivity index (χ2v) is 5.42. The normalized spacial score (nSPS) is 16.5. The smallest absolute Gasteiger partial charge is 0.260 e. The van der Waals surface area contributed by atoms with Gasteiger partial charge in [0.2, 0.25) is 5.95 Å². The number of nitrogen functional groups attached to an aromatic ring is 1. The first-order valence-electron chi connectivity index (χ1n) is 6.68. The molecule has 0 aliphatic heterocycles. The molecule has 1 atom stereocenters. The zero-order valence-corrected chi connectivity index (χ0v) is 10.9. The lowest BCUT2D eigenvalue weighted by atomic mass is 10.2. The molecule has 1 aliphatic carbocycles. The summed E-state index contributed by atoms with van der Waals surface area (Å²) in [5.74, 6) is 1.38. The molecule has 0 bridgehead atoms. The Labute approximate surface area is 111 Å². The van der Waals surface area contributed by atoms with Gasteiger partial charge in [-0.3, -0.25) is 9.78 Å². The molecule has 1 fully saturated rings. The van der Waals surface area contributed by atoms with Gasteiger partial charge in [-0.25, -0.2) is 4.98 Å². The standard InChI is InChI=1S/C14H18N4O/c1-8(6-9-2-3-9)16-14-17-12-5-4-10(15)7-11(12)13(19)18-14/h4-5,7-9H,2-3,6,15H2,1H3,(H2,16,17,18,19). The van der Waals surface area contributed by atoms with Crippen LogP contribution in [0.15, 0.2) is 23.0 Å². The fourth-order valence-electron chi connectivity index (χ4n) is 2.37. The summed E-state index contributed by atoms with van der Waals surface area (Å²) in [7, 11) is 0. The number of fused-ring (bicyclic) bond motifs is 1. The third-order valence-electron chi connectivity index (χ3n) is 3.50. The number of aromatic nitrogens is 2. The van der Waals surface area contributed by atoms with E-state index in [0.29, 0.717) is 28.6 Å². The molecule has 0 amide bonds. The fraction of sp³-hybridized carbons (Fsp3) is 0.429. The molecule has 1 saturated carbocycles. The zero-order valence-electron chi connectivity index (χ0n) is 10.9. The van der Waals surface area contributed by atoms with Gasteiger partial charge in [0.15, 0.2) is 0 Å². The molecule has 100 valence electrons. The summed E-state index contributed by atoms with van der Waals surface area (Å²) in [6.07, 6.45) is 3.78. The number of anilines is 2. The van der Waals surface area contributed by atoms with Crippen molar-refractivity contribution >= 4 is 22.5 Å². The largest absolute Gasteiger partial charge is 0.399 e. The summed E-state index contributed by atoms with van der Waals surface area (Å²) in [6, 6.07) is 5.50. The van der Waals surface area contributed by atoms with Crippen LogP contribution in [0.3, 0.4) is 0 Å². The molecule has 1 aromatic heterocycles. The first-order chi connectivity index (χ1) is 9.11. The summed E-state index contributed by atoms with van der Waals surface area (Å²) in [5, 5.41) is 3.79. The number of H-pyrrole nitrogens is 1. The highest BCUT2D eigenvalue weighted by molar-refractivity contribution is 5.81. The number of rotatable bonds is 4. The maximum Gasteiger partial charge on any atom is 0.260 e. The second-order valence-electron chi connectivity index (χ2n) is 5.42. The van der Waals surface area contributed by atoms with Crippen LogP contribution >= 0.6 is 0 Å². The third kappa shape index (κ3) is 2.70. The van der Waals surface area contributed by atoms with Gasteiger partial charge >= 0.3 is 0 Å². The summed E-state index contributed by atoms with van der Waals surface area (Å²) < 4.78 is 0. The molecule has 1 aliphatic rings. The molecule has 3 rings (SSSR count). The number of nitrogens with two attached hydrogens (primary N) is 1. The topological polar surface area (TPSA) is 83.8 Å². The predicted molar refractivity (Wildman–Crippen MR) is 77.2 cm³/mol. The monoisotopic (exact) mass is 258 g/mol. The molecule has 1 unspecified atom stereocenters. The van der Waals surface area contributed by atoms with E-state index in [1.807, 2.05) is 0 Å². The Bertz CT molecular complexity index is 660. The number of benzene rings is 1. The molecule has 5 heteroatoms. The fourth-order valence-corrected chi connectivity index (χ4v) is 2.37. The Balaban J connectivity index is 1.87. The van der Waals surface area contributed by atoms with Gasteiger partial charge in [-0.2, -0.15) is 0 Å². The van der Waals surface area contributed by atoms with Crippen LogP contribution in [0.25, 0.3) is 10.9 Å². The van der Waals surface area contributed by atoms with Gasteiger partial charge in [0.1, 0.15) is 0 Å². The molecule has 0 saturated heterocycles. The van der Waals surface area contributed by atoms with Gasteiger partial charge in [0.05, 0.1) is 10.9 Å². The maximum atomic E-state index is 12.0. The van der Waals surface area contributed by atoms with Gasteiger partial charge in [-0.05, 0) is 37.5 Å². The van der Waals surface area contributed by atoms with Crippen molar-refractivity contribution < 1.29 is 0 Å². The van der Waals surface area contributed by atoms with Crippen molar-refractivity contribution in [1.29, 1.82) is 0 Å². The van der Waals surface area contributed by atoms with E-state index >= 15 is 0 Å². The molecule has 19 heavy (non-hydrogen) atoms. The average Bonchev–Trinajstić information content (AvgIpc) is 3.14. The van der Waals surface area contributed by atoms with Gasteiger partial charge < -0.3 is 11.1 Å². The second kappa shape index (κ2) is 4.57. The first kappa shape index (κ1) is 12.0. The van der Waals surface area contributed by atoms with Crippen molar-refractivity contribution in [2.24, 2.45) is 5.92 Å². The van der Waals surface area contributed by atoms with E-state index in [9.17, 15) is 4.79 Å². The Hall–Kier alpha value is -2.04. The molecule has 0 spiro atoms. The van der Waals surface area contributed by atoms with Crippen LogP contribution in [0.2, 0.25) is 0 Å². The van der Waals surface area contributed by atoms with E-state index in [2.05, 4.69) is 22.2 Å². The van der Waals surface area contributed by atoms with Crippen molar-refractivity contribution in [3.8, 4) is 0 Å². The lowest BCUT2D eigenvalue weighted by molar-refractivity contribution is 0.637. The van der Waals surface area contributed by atoms with Crippen LogP contribution in [0.4, 0.5) is 11.6 Å². The number of hydrogen-bond acceptors (Lipinski definition) is 4. The molecule has 5 nitrogen and oxygen atoms in total. The van der Waals surface area contributed by atoms with Gasteiger partial charge in [-0.1, -0.05) is 12.8 Å². The summed E-state index contributed by atoms with van der Waals surface area (Å²) in [5.41, 5.74) is 6.76. The Morgan fingerprint density at radius 1 is 1.53 bits per heavy atom. The highest BCUT2D eigenvalue weighted by atomic mass is 16.1. The molecule has 1 aromatic carbocycles. The minimum Gasteiger partial charge on any atom is -0.399 e. The number of nitrogens with zero attached hydrogens (tertiary/aromatic N) is 1. The lowest BCUT2D eigenvalue weighted by Crippen LogP contribution is -2.20. The zero-order chi connectivity index (χ0) is 13.4. The highest BCUT2D eigenvalue weighted by Crippen LogP contribution is 2.33. The molecule has 1 heterocycles. The van der Waals surface area contributed by atoms with Crippen LogP contribution < -0.4 is 16.6 Å². The highest BCUT2D eigenvalue weighted by Gasteiger charge is 2.23. The number of nitrogens with one attached hydrogen (secondary N) is 2. The van der Waals surface area contributed by atoms with Crippen LogP contribution in [-0.2, 0) is 0 Å². The minimum atomic E-state index is -0.154. The molecule has 2 aromatic rings. The van der Waals surface area contributed by atoms with Crippen LogP contribution in [0.5, 0.6) is 0 Å². The molecule has 0 radical (unpaired) electrons. The average molecular weight is 258 g/mol. The van der Waals surface area contributed by atoms with Gasteiger partial charge in [0, 0.05) is 11.7 Å². The predicted octanol–water partition coefficient (Wildman–Crippen LogP) is 2.11. The summed E-state index contributed by atoms with van der Waals surface area (Å²) in [4.78, 5) is 19.2. The van der Waals surface area contributed by atoms with Crippen molar-refractivity contribution in [3.05, 3.63) is 28.6 Å². The van der Waals surface area contributed by atoms with Crippen LogP contribution in [0, 0.1) is 5.92 Å². The van der Waals surface area contributed by atoms with E-state index in [1.54, 1.807) is 18.2 Å². The van der Waals surface area contributed by atoms with Crippen LogP contribution in [-0.4, -0.2) is 16.0 Å². The molecular weight excluding hydrogens is 240 g/mol. The van der Waals surface area contributed by atoms with E-state index < -0.39 is 0 Å². The molecule has 4 N–H and O–H groups in total. The summed E-state index contributed by atoms with van der Waals surface area (Å²) >= 11 is 0. The van der Waals surface area contributed by atoms with Crippen molar-refractivity contribution in [2.45, 2.75) is 32.2 Å². The van der Waals surface area contributed by atoms with Crippen LogP contribution in [0.1, 0.15) is 26.2 Å². The first-order valence-corrected chi connectivity index (χ1v) is 6.68. The Kier molecular flexibility index (Phi) is 2.89. The molecular formula is C14H18N4O. The van der Waals surface area contributed by atoms with Gasteiger partial charge in [0.25, 0.3) is 5.56 Å². The maximum absolute atomic E-state index is 12.0.